The zero-order chi connectivity index (χ0) is 17.9. The van der Waals surface area contributed by atoms with Crippen LogP contribution in [0.5, 0.6) is 0 Å². The van der Waals surface area contributed by atoms with Gasteiger partial charge in [0.15, 0.2) is 0 Å². The van der Waals surface area contributed by atoms with Crippen LogP contribution in [0, 0.1) is 5.92 Å². The molecule has 1 fully saturated rings. The number of hydrogen-bond acceptors (Lipinski definition) is 5. The summed E-state index contributed by atoms with van der Waals surface area (Å²) in [6.07, 6.45) is 9.32. The van der Waals surface area contributed by atoms with E-state index in [-0.39, 0.29) is 17.9 Å². The molecule has 2 atom stereocenters. The Hall–Kier alpha value is -2.80. The van der Waals surface area contributed by atoms with E-state index in [4.69, 9.17) is 4.74 Å². The number of carbonyl (C=O) groups excluding carboxylic acids is 1. The van der Waals surface area contributed by atoms with E-state index < -0.39 is 0 Å². The summed E-state index contributed by atoms with van der Waals surface area (Å²) in [7, 11) is 1.72. The Bertz CT molecular complexity index is 873. The highest BCUT2D eigenvalue weighted by Gasteiger charge is 2.27. The fourth-order valence-corrected chi connectivity index (χ4v) is 3.46. The minimum absolute atomic E-state index is 0.0189. The maximum Gasteiger partial charge on any atom is 0.254 e. The topological polar surface area (TPSA) is 81.4 Å². The number of amides is 1. The molecule has 1 aliphatic carbocycles. The highest BCUT2D eigenvalue weighted by Crippen LogP contribution is 2.27. The SMILES string of the molecule is CO[C@H]1CCC[C@H](C(=O)Nc2ccc(-c3cn4ccnnc4n3)cc2)C1. The van der Waals surface area contributed by atoms with Crippen molar-refractivity contribution in [3.63, 3.8) is 0 Å². The summed E-state index contributed by atoms with van der Waals surface area (Å²) in [5.74, 6) is 0.651. The van der Waals surface area contributed by atoms with Gasteiger partial charge in [0.25, 0.3) is 5.78 Å². The number of anilines is 1. The average Bonchev–Trinajstić information content (AvgIpc) is 3.13. The molecule has 26 heavy (non-hydrogen) atoms. The lowest BCUT2D eigenvalue weighted by atomic mass is 9.86. The molecule has 2 aromatic heterocycles. The van der Waals surface area contributed by atoms with E-state index in [9.17, 15) is 4.79 Å². The van der Waals surface area contributed by atoms with Crippen LogP contribution in [-0.2, 0) is 9.53 Å². The number of imidazole rings is 1. The monoisotopic (exact) mass is 351 g/mol. The third kappa shape index (κ3) is 3.43. The van der Waals surface area contributed by atoms with Gasteiger partial charge in [-0.05, 0) is 31.4 Å². The van der Waals surface area contributed by atoms with Crippen LogP contribution in [0.2, 0.25) is 0 Å². The van der Waals surface area contributed by atoms with Gasteiger partial charge in [0.2, 0.25) is 5.91 Å². The molecule has 0 unspecified atom stereocenters. The second-order valence-electron chi connectivity index (χ2n) is 6.63. The van der Waals surface area contributed by atoms with Crippen LogP contribution in [-0.4, -0.2) is 38.7 Å². The van der Waals surface area contributed by atoms with Gasteiger partial charge in [-0.2, -0.15) is 5.10 Å². The van der Waals surface area contributed by atoms with E-state index in [0.717, 1.165) is 42.6 Å². The van der Waals surface area contributed by atoms with Crippen LogP contribution < -0.4 is 5.32 Å². The normalized spacial score (nSPS) is 20.2. The largest absolute Gasteiger partial charge is 0.381 e. The third-order valence-electron chi connectivity index (χ3n) is 4.93. The molecule has 7 heteroatoms. The molecule has 0 saturated heterocycles. The number of carbonyl (C=O) groups is 1. The number of aromatic nitrogens is 4. The third-order valence-corrected chi connectivity index (χ3v) is 4.93. The van der Waals surface area contributed by atoms with Crippen molar-refractivity contribution in [2.45, 2.75) is 31.8 Å². The average molecular weight is 351 g/mol. The summed E-state index contributed by atoms with van der Waals surface area (Å²) < 4.78 is 7.24. The predicted octanol–water partition coefficient (Wildman–Crippen LogP) is 2.94. The Kier molecular flexibility index (Phi) is 4.62. The molecule has 1 saturated carbocycles. The smallest absolute Gasteiger partial charge is 0.254 e. The van der Waals surface area contributed by atoms with Gasteiger partial charge in [-0.3, -0.25) is 9.20 Å². The Labute approximate surface area is 151 Å². The fourth-order valence-electron chi connectivity index (χ4n) is 3.46. The number of nitrogens with zero attached hydrogens (tertiary/aromatic N) is 4. The number of fused-ring (bicyclic) bond motifs is 1. The Morgan fingerprint density at radius 3 is 2.88 bits per heavy atom. The molecule has 0 radical (unpaired) electrons. The number of methoxy groups -OCH3 is 1. The van der Waals surface area contributed by atoms with Gasteiger partial charge in [0.05, 0.1) is 18.0 Å². The number of rotatable bonds is 4. The van der Waals surface area contributed by atoms with Crippen molar-refractivity contribution in [1.29, 1.82) is 0 Å². The molecule has 1 aliphatic rings. The molecule has 0 bridgehead atoms. The van der Waals surface area contributed by atoms with Crippen molar-refractivity contribution in [2.24, 2.45) is 5.92 Å². The number of hydrogen-bond donors (Lipinski definition) is 1. The van der Waals surface area contributed by atoms with E-state index >= 15 is 0 Å². The Morgan fingerprint density at radius 1 is 1.27 bits per heavy atom. The van der Waals surface area contributed by atoms with Crippen molar-refractivity contribution in [3.05, 3.63) is 42.9 Å². The first-order chi connectivity index (χ1) is 12.7. The molecular weight excluding hydrogens is 330 g/mol. The molecular formula is C19H21N5O2. The van der Waals surface area contributed by atoms with Gasteiger partial charge in [-0.1, -0.05) is 18.6 Å². The lowest BCUT2D eigenvalue weighted by Crippen LogP contribution is -2.30. The molecule has 1 aromatic carbocycles. The molecule has 4 rings (SSSR count). The van der Waals surface area contributed by atoms with Crippen LogP contribution in [0.25, 0.3) is 17.0 Å². The molecule has 1 amide bonds. The van der Waals surface area contributed by atoms with E-state index in [1.165, 1.54) is 0 Å². The fraction of sp³-hybridized carbons (Fsp3) is 0.368. The highest BCUT2D eigenvalue weighted by atomic mass is 16.5. The van der Waals surface area contributed by atoms with E-state index in [1.54, 1.807) is 13.3 Å². The van der Waals surface area contributed by atoms with Crippen molar-refractivity contribution in [2.75, 3.05) is 12.4 Å². The zero-order valence-corrected chi connectivity index (χ0v) is 14.6. The van der Waals surface area contributed by atoms with Crippen molar-refractivity contribution in [3.8, 4) is 11.3 Å². The minimum Gasteiger partial charge on any atom is -0.381 e. The molecule has 0 spiro atoms. The van der Waals surface area contributed by atoms with Gasteiger partial charge in [0, 0.05) is 36.7 Å². The molecule has 2 heterocycles. The van der Waals surface area contributed by atoms with Crippen LogP contribution in [0.3, 0.4) is 0 Å². The maximum atomic E-state index is 12.5. The molecule has 7 nitrogen and oxygen atoms in total. The van der Waals surface area contributed by atoms with Gasteiger partial charge in [-0.15, -0.1) is 5.10 Å². The van der Waals surface area contributed by atoms with Crippen LogP contribution >= 0.6 is 0 Å². The summed E-state index contributed by atoms with van der Waals surface area (Å²) in [4.78, 5) is 17.0. The van der Waals surface area contributed by atoms with E-state index in [2.05, 4.69) is 20.5 Å². The molecule has 1 N–H and O–H groups in total. The van der Waals surface area contributed by atoms with Gasteiger partial charge < -0.3 is 10.1 Å². The number of nitrogens with one attached hydrogen (secondary N) is 1. The summed E-state index contributed by atoms with van der Waals surface area (Å²) in [6.45, 7) is 0. The number of ether oxygens (including phenoxy) is 1. The molecule has 3 aromatic rings. The Balaban J connectivity index is 1.45. The molecule has 0 aliphatic heterocycles. The first kappa shape index (κ1) is 16.7. The van der Waals surface area contributed by atoms with Crippen LogP contribution in [0.1, 0.15) is 25.7 Å². The van der Waals surface area contributed by atoms with E-state index in [0.29, 0.717) is 5.78 Å². The maximum absolute atomic E-state index is 12.5. The minimum atomic E-state index is 0.0189. The first-order valence-corrected chi connectivity index (χ1v) is 8.83. The summed E-state index contributed by atoms with van der Waals surface area (Å²) >= 11 is 0. The van der Waals surface area contributed by atoms with E-state index in [1.807, 2.05) is 41.1 Å². The second-order valence-corrected chi connectivity index (χ2v) is 6.63. The van der Waals surface area contributed by atoms with Crippen LogP contribution in [0.4, 0.5) is 5.69 Å². The highest BCUT2D eigenvalue weighted by molar-refractivity contribution is 5.92. The second kappa shape index (κ2) is 7.21. The summed E-state index contributed by atoms with van der Waals surface area (Å²) in [6, 6.07) is 7.70. The van der Waals surface area contributed by atoms with Gasteiger partial charge in [0.1, 0.15) is 0 Å². The lowest BCUT2D eigenvalue weighted by Gasteiger charge is -2.27. The first-order valence-electron chi connectivity index (χ1n) is 8.83. The quantitative estimate of drug-likeness (QED) is 0.781. The van der Waals surface area contributed by atoms with Gasteiger partial charge >= 0.3 is 0 Å². The van der Waals surface area contributed by atoms with Gasteiger partial charge in [-0.25, -0.2) is 4.98 Å². The van der Waals surface area contributed by atoms with Crippen molar-refractivity contribution < 1.29 is 9.53 Å². The zero-order valence-electron chi connectivity index (χ0n) is 14.6. The molecule has 134 valence electrons. The predicted molar refractivity (Wildman–Crippen MR) is 97.6 cm³/mol. The number of benzene rings is 1. The van der Waals surface area contributed by atoms with Crippen molar-refractivity contribution in [1.82, 2.24) is 19.6 Å². The van der Waals surface area contributed by atoms with Crippen molar-refractivity contribution >= 4 is 17.4 Å². The Morgan fingerprint density at radius 2 is 2.12 bits per heavy atom. The summed E-state index contributed by atoms with van der Waals surface area (Å²) in [5, 5.41) is 10.8. The lowest BCUT2D eigenvalue weighted by molar-refractivity contribution is -0.122. The summed E-state index contributed by atoms with van der Waals surface area (Å²) in [5.41, 5.74) is 2.58. The standard InChI is InChI=1S/C19H21N5O2/c1-26-16-4-2-3-14(11-16)18(25)21-15-7-5-13(6-8-15)17-12-24-10-9-20-23-19(24)22-17/h5-10,12,14,16H,2-4,11H2,1H3,(H,21,25)/t14-,16-/m0/s1. The van der Waals surface area contributed by atoms with Crippen LogP contribution in [0.15, 0.2) is 42.9 Å².